The summed E-state index contributed by atoms with van der Waals surface area (Å²) in [7, 11) is 1.25. The van der Waals surface area contributed by atoms with Crippen LogP contribution < -0.4 is 10.7 Å². The highest BCUT2D eigenvalue weighted by atomic mass is 16.5. The molecule has 0 saturated carbocycles. The van der Waals surface area contributed by atoms with Gasteiger partial charge in [0.1, 0.15) is 6.04 Å². The molecular formula is C21H25N3O3. The minimum Gasteiger partial charge on any atom is -0.453 e. The van der Waals surface area contributed by atoms with E-state index in [0.29, 0.717) is 0 Å². The van der Waals surface area contributed by atoms with Gasteiger partial charge >= 0.3 is 6.09 Å². The molecule has 2 aromatic rings. The Bertz CT molecular complexity index is 794. The molecule has 1 unspecified atom stereocenters. The third kappa shape index (κ3) is 5.95. The van der Waals surface area contributed by atoms with Gasteiger partial charge in [-0.3, -0.25) is 4.79 Å². The van der Waals surface area contributed by atoms with Crippen LogP contribution in [0, 0.1) is 5.41 Å². The highest BCUT2D eigenvalue weighted by Crippen LogP contribution is 2.20. The lowest BCUT2D eigenvalue weighted by Crippen LogP contribution is -2.52. The summed E-state index contributed by atoms with van der Waals surface area (Å²) in [5, 5.41) is 6.53. The first-order chi connectivity index (χ1) is 12.8. The third-order valence-corrected chi connectivity index (χ3v) is 3.98. The van der Waals surface area contributed by atoms with Gasteiger partial charge in [0, 0.05) is 0 Å². The summed E-state index contributed by atoms with van der Waals surface area (Å²) >= 11 is 0. The third-order valence-electron chi connectivity index (χ3n) is 3.98. The number of benzene rings is 2. The summed E-state index contributed by atoms with van der Waals surface area (Å²) in [6, 6.07) is 17.1. The van der Waals surface area contributed by atoms with Gasteiger partial charge in [0.2, 0.25) is 0 Å². The fourth-order valence-corrected chi connectivity index (χ4v) is 2.48. The fraction of sp³-hybridized carbons (Fsp3) is 0.286. The van der Waals surface area contributed by atoms with E-state index in [-0.39, 0.29) is 0 Å². The molecule has 142 valence electrons. The average molecular weight is 367 g/mol. The van der Waals surface area contributed by atoms with Gasteiger partial charge in [-0.2, -0.15) is 5.10 Å². The number of nitrogens with zero attached hydrogens (tertiary/aromatic N) is 1. The normalized spacial score (nSPS) is 12.4. The Morgan fingerprint density at radius 2 is 1.59 bits per heavy atom. The number of alkyl carbamates (subject to hydrolysis) is 1. The molecule has 0 heterocycles. The highest BCUT2D eigenvalue weighted by molar-refractivity contribution is 5.88. The molecule has 1 atom stereocenters. The van der Waals surface area contributed by atoms with Crippen molar-refractivity contribution >= 4 is 18.2 Å². The minimum absolute atomic E-state index is 0.412. The van der Waals surface area contributed by atoms with E-state index in [4.69, 9.17) is 0 Å². The Kier molecular flexibility index (Phi) is 6.71. The van der Waals surface area contributed by atoms with Crippen LogP contribution in [-0.4, -0.2) is 31.4 Å². The van der Waals surface area contributed by atoms with Crippen LogP contribution in [0.3, 0.4) is 0 Å². The molecule has 0 aromatic heterocycles. The van der Waals surface area contributed by atoms with Gasteiger partial charge in [0.05, 0.1) is 13.3 Å². The maximum atomic E-state index is 12.4. The second kappa shape index (κ2) is 8.98. The molecule has 2 rings (SSSR count). The number of nitrogens with one attached hydrogen (secondary N) is 2. The molecule has 2 N–H and O–H groups in total. The molecule has 27 heavy (non-hydrogen) atoms. The van der Waals surface area contributed by atoms with Crippen molar-refractivity contribution in [2.24, 2.45) is 10.5 Å². The monoisotopic (exact) mass is 367 g/mol. The number of rotatable bonds is 5. The van der Waals surface area contributed by atoms with Crippen LogP contribution >= 0.6 is 0 Å². The first-order valence-electron chi connectivity index (χ1n) is 8.64. The summed E-state index contributed by atoms with van der Waals surface area (Å²) in [6.45, 7) is 5.54. The van der Waals surface area contributed by atoms with E-state index in [1.165, 1.54) is 7.11 Å². The topological polar surface area (TPSA) is 79.8 Å². The van der Waals surface area contributed by atoms with E-state index in [0.717, 1.165) is 16.7 Å². The van der Waals surface area contributed by atoms with Crippen molar-refractivity contribution in [3.63, 3.8) is 0 Å². The zero-order valence-corrected chi connectivity index (χ0v) is 16.0. The second-order valence-electron chi connectivity index (χ2n) is 7.16. The van der Waals surface area contributed by atoms with Gasteiger partial charge in [-0.15, -0.1) is 0 Å². The quantitative estimate of drug-likeness (QED) is 0.626. The van der Waals surface area contributed by atoms with Crippen LogP contribution in [0.15, 0.2) is 59.7 Å². The summed E-state index contributed by atoms with van der Waals surface area (Å²) in [5.74, 6) is -0.412. The number of hydrogen-bond acceptors (Lipinski definition) is 4. The Balaban J connectivity index is 2.00. The Morgan fingerprint density at radius 3 is 2.15 bits per heavy atom. The molecule has 0 saturated heterocycles. The minimum atomic E-state index is -0.775. The lowest BCUT2D eigenvalue weighted by atomic mass is 9.86. The van der Waals surface area contributed by atoms with Crippen LogP contribution in [0.2, 0.25) is 0 Å². The van der Waals surface area contributed by atoms with E-state index >= 15 is 0 Å². The lowest BCUT2D eigenvalue weighted by Gasteiger charge is -2.28. The van der Waals surface area contributed by atoms with Crippen molar-refractivity contribution in [1.82, 2.24) is 10.7 Å². The van der Waals surface area contributed by atoms with Crippen molar-refractivity contribution in [1.29, 1.82) is 0 Å². The number of carbonyl (C=O) groups is 2. The van der Waals surface area contributed by atoms with Gasteiger partial charge in [0.15, 0.2) is 0 Å². The van der Waals surface area contributed by atoms with E-state index in [1.54, 1.807) is 6.21 Å². The molecule has 0 spiro atoms. The van der Waals surface area contributed by atoms with Crippen molar-refractivity contribution in [3.05, 3.63) is 60.2 Å². The predicted molar refractivity (Wildman–Crippen MR) is 106 cm³/mol. The number of ether oxygens (including phenoxy) is 1. The van der Waals surface area contributed by atoms with Crippen LogP contribution in [0.25, 0.3) is 11.1 Å². The van der Waals surface area contributed by atoms with E-state index < -0.39 is 23.5 Å². The summed E-state index contributed by atoms with van der Waals surface area (Å²) < 4.78 is 4.58. The fourth-order valence-electron chi connectivity index (χ4n) is 2.48. The Labute approximate surface area is 159 Å². The van der Waals surface area contributed by atoms with E-state index in [1.807, 2.05) is 75.4 Å². The SMILES string of the molecule is COC(=O)NC(C(=O)NN=Cc1ccc(-c2ccccc2)cc1)C(C)(C)C. The highest BCUT2D eigenvalue weighted by Gasteiger charge is 2.33. The first-order valence-corrected chi connectivity index (χ1v) is 8.64. The lowest BCUT2D eigenvalue weighted by molar-refractivity contribution is -0.125. The zero-order valence-electron chi connectivity index (χ0n) is 16.0. The standard InChI is InChI=1S/C21H25N3O3/c1-21(2,3)18(23-20(26)27-4)19(25)24-22-14-15-10-12-17(13-11-15)16-8-6-5-7-9-16/h5-14,18H,1-4H3,(H,23,26)(H,24,25). The predicted octanol–water partition coefficient (Wildman–Crippen LogP) is 3.57. The van der Waals surface area contributed by atoms with Gasteiger partial charge in [0.25, 0.3) is 5.91 Å². The number of hydrogen-bond donors (Lipinski definition) is 2. The zero-order chi connectivity index (χ0) is 19.9. The molecule has 0 bridgehead atoms. The van der Waals surface area contributed by atoms with Crippen LogP contribution in [0.5, 0.6) is 0 Å². The maximum absolute atomic E-state index is 12.4. The van der Waals surface area contributed by atoms with Crippen LogP contribution in [0.1, 0.15) is 26.3 Å². The first kappa shape index (κ1) is 20.2. The summed E-state index contributed by atoms with van der Waals surface area (Å²) in [4.78, 5) is 23.8. The molecule has 6 heteroatoms. The van der Waals surface area contributed by atoms with E-state index in [2.05, 4.69) is 20.6 Å². The van der Waals surface area contributed by atoms with Crippen molar-refractivity contribution in [2.75, 3.05) is 7.11 Å². The Hall–Kier alpha value is -3.15. The van der Waals surface area contributed by atoms with Crippen molar-refractivity contribution in [2.45, 2.75) is 26.8 Å². The van der Waals surface area contributed by atoms with Gasteiger partial charge in [-0.1, -0.05) is 75.4 Å². The average Bonchev–Trinajstić information content (AvgIpc) is 2.66. The molecule has 0 fully saturated rings. The maximum Gasteiger partial charge on any atom is 0.407 e. The van der Waals surface area contributed by atoms with E-state index in [9.17, 15) is 9.59 Å². The molecule has 2 amide bonds. The molecule has 0 radical (unpaired) electrons. The van der Waals surface area contributed by atoms with Gasteiger partial charge < -0.3 is 10.1 Å². The number of hydrazone groups is 1. The number of amides is 2. The van der Waals surface area contributed by atoms with Gasteiger partial charge in [-0.25, -0.2) is 10.2 Å². The molecule has 2 aromatic carbocycles. The number of carbonyl (C=O) groups excluding carboxylic acids is 2. The van der Waals surface area contributed by atoms with Gasteiger partial charge in [-0.05, 0) is 22.1 Å². The molecule has 0 aliphatic carbocycles. The van der Waals surface area contributed by atoms with Crippen LogP contribution in [-0.2, 0) is 9.53 Å². The summed E-state index contributed by atoms with van der Waals surface area (Å²) in [6.07, 6.45) is 0.899. The Morgan fingerprint density at radius 1 is 1.00 bits per heavy atom. The summed E-state index contributed by atoms with van der Waals surface area (Å²) in [5.41, 5.74) is 5.07. The smallest absolute Gasteiger partial charge is 0.407 e. The second-order valence-corrected chi connectivity index (χ2v) is 7.16. The number of methoxy groups -OCH3 is 1. The van der Waals surface area contributed by atoms with Crippen LogP contribution in [0.4, 0.5) is 4.79 Å². The van der Waals surface area contributed by atoms with Crippen molar-refractivity contribution < 1.29 is 14.3 Å². The molecule has 0 aliphatic rings. The molecule has 0 aliphatic heterocycles. The molecular weight excluding hydrogens is 342 g/mol. The van der Waals surface area contributed by atoms with Crippen molar-refractivity contribution in [3.8, 4) is 11.1 Å². The molecule has 6 nitrogen and oxygen atoms in total. The largest absolute Gasteiger partial charge is 0.453 e.